The van der Waals surface area contributed by atoms with Crippen molar-refractivity contribution in [2.24, 2.45) is 7.05 Å². The first-order chi connectivity index (χ1) is 14.8. The van der Waals surface area contributed by atoms with Gasteiger partial charge in [-0.2, -0.15) is 0 Å². The normalized spacial score (nSPS) is 17.7. The van der Waals surface area contributed by atoms with Gasteiger partial charge in [-0.1, -0.05) is 6.07 Å². The van der Waals surface area contributed by atoms with Crippen molar-refractivity contribution in [3.63, 3.8) is 0 Å². The summed E-state index contributed by atoms with van der Waals surface area (Å²) in [5, 5.41) is 13.1. The maximum Gasteiger partial charge on any atom is 0.276 e. The maximum atomic E-state index is 12.7. The highest BCUT2D eigenvalue weighted by molar-refractivity contribution is 5.99. The number of pyridine rings is 1. The second-order valence-electron chi connectivity index (χ2n) is 7.77. The number of aromatic nitrogens is 3. The molecule has 1 unspecified atom stereocenters. The number of benzene rings is 1. The lowest BCUT2D eigenvalue weighted by Gasteiger charge is -2.31. The van der Waals surface area contributed by atoms with Gasteiger partial charge in [0, 0.05) is 26.3 Å². The molecule has 3 aromatic rings. The van der Waals surface area contributed by atoms with Gasteiger partial charge >= 0.3 is 0 Å². The molecule has 31 heavy (non-hydrogen) atoms. The third kappa shape index (κ3) is 2.98. The van der Waals surface area contributed by atoms with Crippen molar-refractivity contribution in [1.82, 2.24) is 24.3 Å². The van der Waals surface area contributed by atoms with Crippen molar-refractivity contribution in [3.8, 4) is 5.75 Å². The van der Waals surface area contributed by atoms with Crippen LogP contribution in [0.15, 0.2) is 29.2 Å². The van der Waals surface area contributed by atoms with Crippen LogP contribution in [0, 0.1) is 6.92 Å². The molecule has 10 nitrogen and oxygen atoms in total. The van der Waals surface area contributed by atoms with E-state index in [4.69, 9.17) is 4.74 Å². The number of fused-ring (bicyclic) bond motifs is 3. The Morgan fingerprint density at radius 1 is 1.35 bits per heavy atom. The number of rotatable bonds is 3. The number of carbonyl (C=O) groups is 2. The van der Waals surface area contributed by atoms with Gasteiger partial charge in [0.2, 0.25) is 5.43 Å². The smallest absolute Gasteiger partial charge is 0.276 e. The molecule has 2 aromatic heterocycles. The predicted octanol–water partition coefficient (Wildman–Crippen LogP) is 0.491. The number of nitrogens with one attached hydrogen (secondary N) is 1. The molecule has 0 spiro atoms. The molecule has 1 aromatic carbocycles. The summed E-state index contributed by atoms with van der Waals surface area (Å²) in [6.45, 7) is 3.14. The molecule has 5 rings (SSSR count). The van der Waals surface area contributed by atoms with E-state index in [0.29, 0.717) is 13.2 Å². The summed E-state index contributed by atoms with van der Waals surface area (Å²) in [7, 11) is 1.93. The summed E-state index contributed by atoms with van der Waals surface area (Å²) >= 11 is 0. The fourth-order valence-electron chi connectivity index (χ4n) is 4.14. The Balaban J connectivity index is 1.40. The summed E-state index contributed by atoms with van der Waals surface area (Å²) in [6, 6.07) is 5.69. The minimum Gasteiger partial charge on any atom is -0.503 e. The zero-order chi connectivity index (χ0) is 21.9. The molecule has 1 saturated heterocycles. The highest BCUT2D eigenvalue weighted by atomic mass is 16.5. The molecular weight excluding hydrogens is 402 g/mol. The minimum absolute atomic E-state index is 0.112. The van der Waals surface area contributed by atoms with E-state index >= 15 is 0 Å². The number of aryl methyl sites for hydroxylation is 2. The van der Waals surface area contributed by atoms with E-state index in [1.54, 1.807) is 0 Å². The molecule has 2 aliphatic rings. The van der Waals surface area contributed by atoms with Crippen molar-refractivity contribution in [1.29, 1.82) is 0 Å². The van der Waals surface area contributed by atoms with Crippen LogP contribution < -0.4 is 10.7 Å². The van der Waals surface area contributed by atoms with E-state index < -0.39 is 29.2 Å². The van der Waals surface area contributed by atoms with Gasteiger partial charge in [0.1, 0.15) is 11.4 Å². The summed E-state index contributed by atoms with van der Waals surface area (Å²) in [6.07, 6.45) is 0.848. The number of carbonyl (C=O) groups excluding carboxylic acids is 2. The first-order valence-electron chi connectivity index (χ1n) is 9.94. The molecule has 1 atom stereocenters. The molecule has 160 valence electrons. The van der Waals surface area contributed by atoms with Crippen LogP contribution in [0.3, 0.4) is 0 Å². The maximum absolute atomic E-state index is 12.7. The van der Waals surface area contributed by atoms with Gasteiger partial charge in [0.25, 0.3) is 11.8 Å². The summed E-state index contributed by atoms with van der Waals surface area (Å²) in [5.41, 5.74) is 1.42. The number of imidazole rings is 1. The number of hydrogen-bond acceptors (Lipinski definition) is 6. The largest absolute Gasteiger partial charge is 0.503 e. The van der Waals surface area contributed by atoms with Gasteiger partial charge in [-0.15, -0.1) is 0 Å². The van der Waals surface area contributed by atoms with E-state index in [9.17, 15) is 19.5 Å². The van der Waals surface area contributed by atoms with Crippen LogP contribution in [0.1, 0.15) is 32.2 Å². The average molecular weight is 423 g/mol. The molecular formula is C21H21N5O5. The molecule has 0 aliphatic carbocycles. The van der Waals surface area contributed by atoms with Gasteiger partial charge < -0.3 is 29.2 Å². The lowest BCUT2D eigenvalue weighted by Crippen LogP contribution is -2.46. The van der Waals surface area contributed by atoms with Crippen molar-refractivity contribution in [2.45, 2.75) is 26.2 Å². The Hall–Kier alpha value is -3.66. The monoisotopic (exact) mass is 423 g/mol. The molecule has 1 fully saturated rings. The van der Waals surface area contributed by atoms with E-state index in [-0.39, 0.29) is 24.3 Å². The van der Waals surface area contributed by atoms with Crippen molar-refractivity contribution in [2.75, 3.05) is 13.2 Å². The lowest BCUT2D eigenvalue weighted by atomic mass is 10.1. The zero-order valence-electron chi connectivity index (χ0n) is 17.1. The van der Waals surface area contributed by atoms with Crippen LogP contribution in [0.5, 0.6) is 5.75 Å². The third-order valence-corrected chi connectivity index (χ3v) is 5.93. The number of hydrogen-bond donors (Lipinski definition) is 2. The molecule has 2 N–H and O–H groups in total. The van der Waals surface area contributed by atoms with Crippen LogP contribution in [-0.2, 0) is 24.9 Å². The van der Waals surface area contributed by atoms with Crippen molar-refractivity contribution < 1.29 is 19.4 Å². The predicted molar refractivity (Wildman–Crippen MR) is 110 cm³/mol. The van der Waals surface area contributed by atoms with Gasteiger partial charge in [-0.3, -0.25) is 14.4 Å². The average Bonchev–Trinajstić information content (AvgIpc) is 3.33. The Bertz CT molecular complexity index is 1310. The van der Waals surface area contributed by atoms with Gasteiger partial charge in [-0.25, -0.2) is 4.98 Å². The standard InChI is InChI=1S/C21H21N5O5/c1-11-23-14-7-12(3-4-15(14)24(11)2)8-22-20(29)13-9-25-10-16-26(5-6-31-16)21(30)17(25)19(28)18(13)27/h3-4,7,9,16,28H,5-6,8,10H2,1-2H3,(H,22,29). The SMILES string of the molecule is Cc1nc2cc(CNC(=O)c3cn4c(c(O)c3=O)C(=O)N3CCOC3C4)ccc2n1C. The highest BCUT2D eigenvalue weighted by Crippen LogP contribution is 2.26. The Labute approximate surface area is 176 Å². The highest BCUT2D eigenvalue weighted by Gasteiger charge is 2.39. The summed E-state index contributed by atoms with van der Waals surface area (Å²) in [5.74, 6) is -0.939. The number of nitrogens with zero attached hydrogens (tertiary/aromatic N) is 4. The fourth-order valence-corrected chi connectivity index (χ4v) is 4.14. The Morgan fingerprint density at radius 2 is 2.16 bits per heavy atom. The molecule has 2 amide bonds. The molecule has 2 aliphatic heterocycles. The molecule has 10 heteroatoms. The summed E-state index contributed by atoms with van der Waals surface area (Å²) in [4.78, 5) is 43.9. The fraction of sp³-hybridized carbons (Fsp3) is 0.333. The minimum atomic E-state index is -0.869. The topological polar surface area (TPSA) is 119 Å². The van der Waals surface area contributed by atoms with Gasteiger partial charge in [0.15, 0.2) is 17.7 Å². The Kier molecular flexibility index (Phi) is 4.33. The van der Waals surface area contributed by atoms with E-state index in [0.717, 1.165) is 22.4 Å². The van der Waals surface area contributed by atoms with Gasteiger partial charge in [-0.05, 0) is 24.6 Å². The molecule has 4 heterocycles. The van der Waals surface area contributed by atoms with Crippen molar-refractivity contribution >= 4 is 22.8 Å². The van der Waals surface area contributed by atoms with Crippen molar-refractivity contribution in [3.05, 3.63) is 57.3 Å². The Morgan fingerprint density at radius 3 is 2.97 bits per heavy atom. The first kappa shape index (κ1) is 19.3. The summed E-state index contributed by atoms with van der Waals surface area (Å²) < 4.78 is 8.92. The lowest BCUT2D eigenvalue weighted by molar-refractivity contribution is 0.00845. The van der Waals surface area contributed by atoms with Crippen LogP contribution >= 0.6 is 0 Å². The van der Waals surface area contributed by atoms with Crippen LogP contribution in [0.4, 0.5) is 0 Å². The first-order valence-corrected chi connectivity index (χ1v) is 9.94. The third-order valence-electron chi connectivity index (χ3n) is 5.93. The quantitative estimate of drug-likeness (QED) is 0.633. The molecule has 0 bridgehead atoms. The number of amides is 2. The number of aromatic hydroxyl groups is 1. The molecule has 0 saturated carbocycles. The van der Waals surface area contributed by atoms with Crippen LogP contribution in [-0.4, -0.2) is 55.3 Å². The van der Waals surface area contributed by atoms with Crippen LogP contribution in [0.25, 0.3) is 11.0 Å². The van der Waals surface area contributed by atoms with E-state index in [1.165, 1.54) is 15.7 Å². The molecule has 0 radical (unpaired) electrons. The van der Waals surface area contributed by atoms with Crippen LogP contribution in [0.2, 0.25) is 0 Å². The number of ether oxygens (including phenoxy) is 1. The van der Waals surface area contributed by atoms with E-state index in [1.807, 2.05) is 36.7 Å². The second-order valence-corrected chi connectivity index (χ2v) is 7.77. The zero-order valence-corrected chi connectivity index (χ0v) is 17.1. The van der Waals surface area contributed by atoms with E-state index in [2.05, 4.69) is 10.3 Å². The van der Waals surface area contributed by atoms with Gasteiger partial charge in [0.05, 0.1) is 24.2 Å². The second kappa shape index (κ2) is 6.95.